The Balaban J connectivity index is 1.47. The molecule has 2 atom stereocenters. The molecular formula is C24H32N2O. The second-order valence-corrected chi connectivity index (χ2v) is 7.93. The van der Waals surface area contributed by atoms with Crippen molar-refractivity contribution in [1.29, 1.82) is 0 Å². The first kappa shape index (κ1) is 19.6. The van der Waals surface area contributed by atoms with Crippen LogP contribution in [0.5, 0.6) is 0 Å². The second-order valence-electron chi connectivity index (χ2n) is 7.93. The minimum Gasteiger partial charge on any atom is -0.353 e. The van der Waals surface area contributed by atoms with E-state index >= 15 is 0 Å². The lowest BCUT2D eigenvalue weighted by Crippen LogP contribution is -2.45. The molecule has 0 spiro atoms. The van der Waals surface area contributed by atoms with Crippen molar-refractivity contribution >= 4 is 5.91 Å². The molecule has 27 heavy (non-hydrogen) atoms. The number of amides is 1. The lowest BCUT2D eigenvalue weighted by atomic mass is 9.95. The second kappa shape index (κ2) is 9.70. The Morgan fingerprint density at radius 3 is 2.67 bits per heavy atom. The van der Waals surface area contributed by atoms with Gasteiger partial charge in [-0.3, -0.25) is 9.69 Å². The highest BCUT2D eigenvalue weighted by atomic mass is 16.2. The summed E-state index contributed by atoms with van der Waals surface area (Å²) in [5.74, 6) is 0.340. The van der Waals surface area contributed by atoms with Crippen LogP contribution in [0.15, 0.2) is 54.6 Å². The number of aryl methyl sites for hydroxylation is 2. The van der Waals surface area contributed by atoms with Gasteiger partial charge in [0.15, 0.2) is 0 Å². The highest BCUT2D eigenvalue weighted by Gasteiger charge is 2.26. The molecular weight excluding hydrogens is 332 g/mol. The minimum absolute atomic E-state index is 0.113. The molecule has 3 rings (SSSR count). The molecule has 2 unspecified atom stereocenters. The zero-order chi connectivity index (χ0) is 19.1. The van der Waals surface area contributed by atoms with Crippen LogP contribution in [0.3, 0.4) is 0 Å². The molecule has 1 saturated heterocycles. The lowest BCUT2D eigenvalue weighted by molar-refractivity contribution is -0.127. The van der Waals surface area contributed by atoms with Gasteiger partial charge in [-0.1, -0.05) is 54.6 Å². The first-order valence-corrected chi connectivity index (χ1v) is 10.2. The average molecular weight is 365 g/mol. The van der Waals surface area contributed by atoms with Gasteiger partial charge < -0.3 is 5.32 Å². The molecule has 1 heterocycles. The fraction of sp³-hybridized carbons (Fsp3) is 0.458. The summed E-state index contributed by atoms with van der Waals surface area (Å²) in [6, 6.07) is 19.3. The van der Waals surface area contributed by atoms with Crippen LogP contribution in [0.2, 0.25) is 0 Å². The van der Waals surface area contributed by atoms with E-state index in [0.717, 1.165) is 45.3 Å². The number of nitrogens with zero attached hydrogens (tertiary/aromatic N) is 1. The van der Waals surface area contributed by atoms with Crippen LogP contribution in [0, 0.1) is 12.8 Å². The molecule has 1 amide bonds. The van der Waals surface area contributed by atoms with Gasteiger partial charge in [-0.15, -0.1) is 0 Å². The summed E-state index contributed by atoms with van der Waals surface area (Å²) in [7, 11) is 0. The minimum atomic E-state index is 0.113. The van der Waals surface area contributed by atoms with Crippen molar-refractivity contribution in [2.75, 3.05) is 13.1 Å². The first-order chi connectivity index (χ1) is 13.1. The molecule has 1 aliphatic heterocycles. The van der Waals surface area contributed by atoms with E-state index in [1.807, 2.05) is 6.07 Å². The molecule has 0 aliphatic carbocycles. The molecule has 1 N–H and O–H groups in total. The van der Waals surface area contributed by atoms with Gasteiger partial charge in [0.2, 0.25) is 5.91 Å². The molecule has 2 aromatic rings. The topological polar surface area (TPSA) is 32.3 Å². The van der Waals surface area contributed by atoms with E-state index in [4.69, 9.17) is 0 Å². The third-order valence-corrected chi connectivity index (χ3v) is 5.63. The summed E-state index contributed by atoms with van der Waals surface area (Å²) in [4.78, 5) is 15.2. The van der Waals surface area contributed by atoms with Crippen molar-refractivity contribution in [3.63, 3.8) is 0 Å². The summed E-state index contributed by atoms with van der Waals surface area (Å²) in [6.45, 7) is 7.18. The van der Waals surface area contributed by atoms with Crippen LogP contribution in [-0.2, 0) is 17.8 Å². The largest absolute Gasteiger partial charge is 0.353 e. The third kappa shape index (κ3) is 5.93. The highest BCUT2D eigenvalue weighted by Crippen LogP contribution is 2.20. The quantitative estimate of drug-likeness (QED) is 0.792. The number of hydrogen-bond acceptors (Lipinski definition) is 2. The van der Waals surface area contributed by atoms with E-state index in [2.05, 4.69) is 72.6 Å². The Morgan fingerprint density at radius 2 is 1.89 bits per heavy atom. The number of rotatable bonds is 7. The van der Waals surface area contributed by atoms with Gasteiger partial charge in [-0.25, -0.2) is 0 Å². The Hall–Kier alpha value is -2.13. The van der Waals surface area contributed by atoms with E-state index in [1.54, 1.807) is 0 Å². The summed E-state index contributed by atoms with van der Waals surface area (Å²) in [5, 5.41) is 3.25. The molecule has 3 nitrogen and oxygen atoms in total. The van der Waals surface area contributed by atoms with Gasteiger partial charge in [0.1, 0.15) is 0 Å². The van der Waals surface area contributed by atoms with E-state index < -0.39 is 0 Å². The maximum atomic E-state index is 12.7. The maximum Gasteiger partial charge on any atom is 0.224 e. The van der Waals surface area contributed by atoms with Crippen LogP contribution in [0.4, 0.5) is 0 Å². The molecule has 144 valence electrons. The Labute approximate surface area is 163 Å². The van der Waals surface area contributed by atoms with Crippen molar-refractivity contribution in [3.8, 4) is 0 Å². The number of carbonyl (C=O) groups excluding carboxylic acids is 1. The average Bonchev–Trinajstić information content (AvgIpc) is 2.69. The van der Waals surface area contributed by atoms with E-state index in [-0.39, 0.29) is 17.9 Å². The molecule has 1 fully saturated rings. The number of likely N-dealkylation sites (tertiary alicyclic amines) is 1. The lowest BCUT2D eigenvalue weighted by Gasteiger charge is -2.33. The van der Waals surface area contributed by atoms with Gasteiger partial charge >= 0.3 is 0 Å². The van der Waals surface area contributed by atoms with Gasteiger partial charge in [0, 0.05) is 19.1 Å². The molecule has 1 aliphatic rings. The predicted molar refractivity (Wildman–Crippen MR) is 112 cm³/mol. The Bertz CT molecular complexity index is 728. The number of nitrogens with one attached hydrogen (secondary N) is 1. The molecule has 2 aromatic carbocycles. The number of carbonyl (C=O) groups is 1. The fourth-order valence-electron chi connectivity index (χ4n) is 3.90. The normalized spacial score (nSPS) is 18.8. The van der Waals surface area contributed by atoms with Crippen LogP contribution in [0.25, 0.3) is 0 Å². The molecule has 0 radical (unpaired) electrons. The SMILES string of the molecule is Cc1ccccc1CN1CCCC(C(=O)NC(C)CCc2ccccc2)C1. The summed E-state index contributed by atoms with van der Waals surface area (Å²) in [5.41, 5.74) is 4.04. The van der Waals surface area contributed by atoms with Crippen molar-refractivity contribution in [3.05, 3.63) is 71.3 Å². The molecule has 0 bridgehead atoms. The molecule has 0 aromatic heterocycles. The van der Waals surface area contributed by atoms with Crippen LogP contribution in [0.1, 0.15) is 42.9 Å². The predicted octanol–water partition coefficient (Wildman–Crippen LogP) is 4.34. The van der Waals surface area contributed by atoms with E-state index in [9.17, 15) is 4.79 Å². The van der Waals surface area contributed by atoms with Crippen LogP contribution >= 0.6 is 0 Å². The summed E-state index contributed by atoms with van der Waals surface area (Å²) in [6.07, 6.45) is 4.09. The van der Waals surface area contributed by atoms with Gasteiger partial charge in [-0.2, -0.15) is 0 Å². The fourth-order valence-corrected chi connectivity index (χ4v) is 3.90. The van der Waals surface area contributed by atoms with Gasteiger partial charge in [-0.05, 0) is 62.8 Å². The summed E-state index contributed by atoms with van der Waals surface area (Å²) < 4.78 is 0. The standard InChI is InChI=1S/C24H32N2O/c1-19-9-6-7-12-22(19)17-26-16-8-13-23(18-26)24(27)25-20(2)14-15-21-10-4-3-5-11-21/h3-7,9-12,20,23H,8,13-18H2,1-2H3,(H,25,27). The monoisotopic (exact) mass is 364 g/mol. The van der Waals surface area contributed by atoms with Gasteiger partial charge in [0.25, 0.3) is 0 Å². The number of benzene rings is 2. The van der Waals surface area contributed by atoms with Crippen molar-refractivity contribution in [2.45, 2.75) is 52.1 Å². The van der Waals surface area contributed by atoms with Crippen molar-refractivity contribution < 1.29 is 4.79 Å². The zero-order valence-electron chi connectivity index (χ0n) is 16.7. The molecule has 3 heteroatoms. The Morgan fingerprint density at radius 1 is 1.15 bits per heavy atom. The highest BCUT2D eigenvalue weighted by molar-refractivity contribution is 5.79. The summed E-state index contributed by atoms with van der Waals surface area (Å²) >= 11 is 0. The third-order valence-electron chi connectivity index (χ3n) is 5.63. The van der Waals surface area contributed by atoms with Crippen molar-refractivity contribution in [1.82, 2.24) is 10.2 Å². The maximum absolute atomic E-state index is 12.7. The van der Waals surface area contributed by atoms with Crippen molar-refractivity contribution in [2.24, 2.45) is 5.92 Å². The van der Waals surface area contributed by atoms with E-state index in [1.165, 1.54) is 16.7 Å². The van der Waals surface area contributed by atoms with Gasteiger partial charge in [0.05, 0.1) is 5.92 Å². The number of hydrogen-bond donors (Lipinski definition) is 1. The smallest absolute Gasteiger partial charge is 0.224 e. The van der Waals surface area contributed by atoms with Crippen LogP contribution < -0.4 is 5.32 Å². The molecule has 0 saturated carbocycles. The van der Waals surface area contributed by atoms with E-state index in [0.29, 0.717) is 0 Å². The van der Waals surface area contributed by atoms with Crippen LogP contribution in [-0.4, -0.2) is 29.9 Å². The first-order valence-electron chi connectivity index (χ1n) is 10.2. The Kier molecular flexibility index (Phi) is 7.05. The zero-order valence-corrected chi connectivity index (χ0v) is 16.7. The number of piperidine rings is 1.